The highest BCUT2D eigenvalue weighted by Crippen LogP contribution is 2.71. The molecular formula is C25H32ClFO6. The Morgan fingerprint density at radius 2 is 2.00 bits per heavy atom. The molecule has 0 aromatic carbocycles. The van der Waals surface area contributed by atoms with Crippen LogP contribution in [0.1, 0.15) is 59.3 Å². The van der Waals surface area contributed by atoms with E-state index in [0.717, 1.165) is 0 Å². The lowest BCUT2D eigenvalue weighted by Gasteiger charge is -2.64. The smallest absolute Gasteiger partial charge is 0.306 e. The minimum atomic E-state index is -1.60. The summed E-state index contributed by atoms with van der Waals surface area (Å²) in [6.07, 6.45) is 2.99. The van der Waals surface area contributed by atoms with E-state index in [0.29, 0.717) is 12.8 Å². The van der Waals surface area contributed by atoms with E-state index < -0.39 is 57.9 Å². The standard InChI is InChI=1S/C25H32ClFO6/c1-4-5-21(32)33-24(20(31)13-28)9-7-15-16-11-18(27)17-10-14(29)6-8-22(17,2)25(16,26)19(30)12-23(15,24)3/h6,8,10,15-16,18-19,28,30H,4-5,7,9,11-13H2,1-3H3/t15-,16-,18-,19?,22-,23-,24-,25-/m0/s1. The molecule has 8 heteroatoms. The van der Waals surface area contributed by atoms with Gasteiger partial charge in [-0.2, -0.15) is 0 Å². The van der Waals surface area contributed by atoms with Gasteiger partial charge in [-0.15, -0.1) is 11.6 Å². The summed E-state index contributed by atoms with van der Waals surface area (Å²) in [6, 6.07) is 0. The number of hydrogen-bond donors (Lipinski definition) is 2. The van der Waals surface area contributed by atoms with Gasteiger partial charge in [0.05, 0.1) is 11.0 Å². The molecule has 3 saturated carbocycles. The van der Waals surface area contributed by atoms with Crippen LogP contribution in [0.3, 0.4) is 0 Å². The number of esters is 1. The Balaban J connectivity index is 1.82. The van der Waals surface area contributed by atoms with Crippen molar-refractivity contribution in [2.45, 2.75) is 82.0 Å². The predicted octanol–water partition coefficient (Wildman–Crippen LogP) is 3.22. The third-order valence-electron chi connectivity index (χ3n) is 9.08. The molecule has 0 radical (unpaired) electrons. The number of fused-ring (bicyclic) bond motifs is 5. The molecule has 0 saturated heterocycles. The monoisotopic (exact) mass is 482 g/mol. The van der Waals surface area contributed by atoms with Gasteiger partial charge < -0.3 is 14.9 Å². The third kappa shape index (κ3) is 3.08. The fourth-order valence-corrected chi connectivity index (χ4v) is 7.94. The van der Waals surface area contributed by atoms with E-state index in [9.17, 15) is 24.6 Å². The molecule has 4 rings (SSSR count). The molecule has 4 aliphatic carbocycles. The maximum Gasteiger partial charge on any atom is 0.306 e. The van der Waals surface area contributed by atoms with E-state index in [1.165, 1.54) is 12.2 Å². The summed E-state index contributed by atoms with van der Waals surface area (Å²) in [7, 11) is 0. The fraction of sp³-hybridized carbons (Fsp3) is 0.720. The van der Waals surface area contributed by atoms with E-state index in [-0.39, 0.29) is 43.0 Å². The molecule has 3 fully saturated rings. The number of hydrogen-bond acceptors (Lipinski definition) is 6. The van der Waals surface area contributed by atoms with Crippen molar-refractivity contribution in [3.05, 3.63) is 23.8 Å². The van der Waals surface area contributed by atoms with E-state index in [1.807, 2.05) is 6.92 Å². The lowest BCUT2D eigenvalue weighted by Crippen LogP contribution is -2.70. The predicted molar refractivity (Wildman–Crippen MR) is 119 cm³/mol. The van der Waals surface area contributed by atoms with Crippen molar-refractivity contribution in [1.82, 2.24) is 0 Å². The van der Waals surface area contributed by atoms with E-state index >= 15 is 4.39 Å². The van der Waals surface area contributed by atoms with Crippen LogP contribution < -0.4 is 0 Å². The topological polar surface area (TPSA) is 101 Å². The molecule has 0 aromatic rings. The Labute approximate surface area is 198 Å². The summed E-state index contributed by atoms with van der Waals surface area (Å²) in [5, 5.41) is 21.3. The van der Waals surface area contributed by atoms with Crippen LogP contribution in [0, 0.1) is 22.7 Å². The van der Waals surface area contributed by atoms with Crippen molar-refractivity contribution < 1.29 is 33.7 Å². The first-order chi connectivity index (χ1) is 15.4. The second-order valence-electron chi connectivity index (χ2n) is 10.5. The molecule has 0 amide bonds. The van der Waals surface area contributed by atoms with Gasteiger partial charge in [-0.25, -0.2) is 4.39 Å². The summed E-state index contributed by atoms with van der Waals surface area (Å²) in [5.41, 5.74) is -3.44. The lowest BCUT2D eigenvalue weighted by molar-refractivity contribution is -0.198. The van der Waals surface area contributed by atoms with Crippen molar-refractivity contribution in [2.75, 3.05) is 6.61 Å². The molecule has 0 heterocycles. The Hall–Kier alpha value is -1.57. The number of alkyl halides is 2. The first-order valence-electron chi connectivity index (χ1n) is 11.7. The molecule has 0 aliphatic heterocycles. The van der Waals surface area contributed by atoms with Gasteiger partial charge in [0.15, 0.2) is 11.4 Å². The van der Waals surface area contributed by atoms with Crippen molar-refractivity contribution >= 4 is 29.1 Å². The molecule has 0 bridgehead atoms. The first-order valence-corrected chi connectivity index (χ1v) is 12.1. The van der Waals surface area contributed by atoms with Gasteiger partial charge in [-0.1, -0.05) is 26.8 Å². The maximum absolute atomic E-state index is 15.5. The average molecular weight is 483 g/mol. The van der Waals surface area contributed by atoms with Gasteiger partial charge in [0.25, 0.3) is 0 Å². The van der Waals surface area contributed by atoms with Gasteiger partial charge in [-0.05, 0) is 61.7 Å². The largest absolute Gasteiger partial charge is 0.450 e. The molecule has 0 spiro atoms. The van der Waals surface area contributed by atoms with Gasteiger partial charge in [0.2, 0.25) is 5.78 Å². The second kappa shape index (κ2) is 7.99. The molecule has 2 N–H and O–H groups in total. The zero-order valence-corrected chi connectivity index (χ0v) is 20.0. The number of halogens is 2. The van der Waals surface area contributed by atoms with Gasteiger partial charge >= 0.3 is 5.97 Å². The second-order valence-corrected chi connectivity index (χ2v) is 11.2. The first kappa shape index (κ1) is 24.6. The Bertz CT molecular complexity index is 947. The number of allylic oxidation sites excluding steroid dienone is 4. The minimum absolute atomic E-state index is 0.00430. The summed E-state index contributed by atoms with van der Waals surface area (Å²) < 4.78 is 21.4. The van der Waals surface area contributed by atoms with Crippen LogP contribution >= 0.6 is 11.6 Å². The maximum atomic E-state index is 15.5. The number of carbonyl (C=O) groups excluding carboxylic acids is 3. The molecule has 4 aliphatic rings. The average Bonchev–Trinajstić information content (AvgIpc) is 3.04. The normalized spacial score (nSPS) is 46.2. The Morgan fingerprint density at radius 3 is 2.64 bits per heavy atom. The van der Waals surface area contributed by atoms with Gasteiger partial charge in [0.1, 0.15) is 12.8 Å². The SMILES string of the molecule is CCCC(=O)O[C@]1(C(=O)CO)CC[C@H]2[C@@H]3C[C@H](F)C4=CC(=O)C=C[C@]4(C)[C@@]3(Cl)C(O)C[C@@]21C. The molecule has 8 atom stereocenters. The lowest BCUT2D eigenvalue weighted by atomic mass is 9.45. The van der Waals surface area contributed by atoms with Crippen molar-refractivity contribution in [3.8, 4) is 0 Å². The number of Topliss-reactive ketones (excluding diaryl/α,β-unsaturated/α-hetero) is 1. The van der Waals surface area contributed by atoms with Crippen molar-refractivity contribution in [3.63, 3.8) is 0 Å². The summed E-state index contributed by atoms with van der Waals surface area (Å²) in [6.45, 7) is 4.57. The number of aliphatic hydroxyl groups is 2. The molecule has 1 unspecified atom stereocenters. The molecule has 0 aromatic heterocycles. The highest BCUT2D eigenvalue weighted by molar-refractivity contribution is 6.26. The van der Waals surface area contributed by atoms with Gasteiger partial charge in [-0.3, -0.25) is 14.4 Å². The van der Waals surface area contributed by atoms with Crippen molar-refractivity contribution in [2.24, 2.45) is 22.7 Å². The van der Waals surface area contributed by atoms with Crippen molar-refractivity contribution in [1.29, 1.82) is 0 Å². The zero-order chi connectivity index (χ0) is 24.4. The highest BCUT2D eigenvalue weighted by Gasteiger charge is 2.75. The van der Waals surface area contributed by atoms with Crippen LogP contribution in [0.15, 0.2) is 23.8 Å². The minimum Gasteiger partial charge on any atom is -0.450 e. The quantitative estimate of drug-likeness (QED) is 0.461. The van der Waals surface area contributed by atoms with Crippen LogP contribution in [0.2, 0.25) is 0 Å². The van der Waals surface area contributed by atoms with Crippen LogP contribution in [-0.2, 0) is 19.1 Å². The Morgan fingerprint density at radius 1 is 1.30 bits per heavy atom. The van der Waals surface area contributed by atoms with E-state index in [4.69, 9.17) is 16.3 Å². The summed E-state index contributed by atoms with van der Waals surface area (Å²) in [5.74, 6) is -2.31. The van der Waals surface area contributed by atoms with Crippen LogP contribution in [-0.4, -0.2) is 57.1 Å². The molecular weight excluding hydrogens is 451 g/mol. The molecule has 6 nitrogen and oxygen atoms in total. The summed E-state index contributed by atoms with van der Waals surface area (Å²) >= 11 is 7.28. The van der Waals surface area contributed by atoms with Gasteiger partial charge in [0, 0.05) is 17.3 Å². The van der Waals surface area contributed by atoms with Crippen LogP contribution in [0.25, 0.3) is 0 Å². The third-order valence-corrected chi connectivity index (χ3v) is 10.0. The highest BCUT2D eigenvalue weighted by atomic mass is 35.5. The number of ketones is 2. The van der Waals surface area contributed by atoms with Crippen LogP contribution in [0.4, 0.5) is 4.39 Å². The summed E-state index contributed by atoms with van der Waals surface area (Å²) in [4.78, 5) is 36.3. The number of ether oxygens (including phenoxy) is 1. The molecule has 182 valence electrons. The van der Waals surface area contributed by atoms with E-state index in [1.54, 1.807) is 19.9 Å². The number of rotatable bonds is 5. The zero-order valence-electron chi connectivity index (χ0n) is 19.3. The number of aliphatic hydroxyl groups excluding tert-OH is 2. The van der Waals surface area contributed by atoms with E-state index in [2.05, 4.69) is 0 Å². The number of carbonyl (C=O) groups is 3. The Kier molecular flexibility index (Phi) is 5.95. The fourth-order valence-electron chi connectivity index (χ4n) is 7.45. The van der Waals surface area contributed by atoms with Crippen LogP contribution in [0.5, 0.6) is 0 Å². The molecule has 33 heavy (non-hydrogen) atoms.